The van der Waals surface area contributed by atoms with Crippen LogP contribution in [0.4, 0.5) is 19.6 Å². The number of aromatic nitrogens is 2. The second kappa shape index (κ2) is 7.66. The number of nitrogens with zero attached hydrogens (tertiary/aromatic N) is 4. The van der Waals surface area contributed by atoms with E-state index in [2.05, 4.69) is 27.0 Å². The van der Waals surface area contributed by atoms with Crippen molar-refractivity contribution in [2.24, 2.45) is 0 Å². The molecular weight excluding hydrogens is 482 g/mol. The zero-order valence-electron chi connectivity index (χ0n) is 16.4. The molecule has 4 nitrogen and oxygen atoms in total. The fourth-order valence-electron chi connectivity index (χ4n) is 4.07. The monoisotopic (exact) mass is 496 g/mol. The first-order valence-electron chi connectivity index (χ1n) is 9.67. The van der Waals surface area contributed by atoms with Gasteiger partial charge in [0.1, 0.15) is 28.0 Å². The number of anilines is 2. The van der Waals surface area contributed by atoms with Crippen LogP contribution in [-0.4, -0.2) is 17.0 Å². The number of benzene rings is 2. The van der Waals surface area contributed by atoms with Gasteiger partial charge in [-0.25, -0.2) is 18.7 Å². The first kappa shape index (κ1) is 20.0. The molecule has 0 atom stereocenters. The zero-order chi connectivity index (χ0) is 21.7. The lowest BCUT2D eigenvalue weighted by molar-refractivity contribution is 0.628. The van der Waals surface area contributed by atoms with E-state index in [1.54, 1.807) is 12.1 Å². The van der Waals surface area contributed by atoms with Crippen LogP contribution in [0.3, 0.4) is 0 Å². The van der Waals surface area contributed by atoms with E-state index in [-0.39, 0.29) is 11.6 Å². The van der Waals surface area contributed by atoms with Crippen LogP contribution in [0.1, 0.15) is 22.6 Å². The summed E-state index contributed by atoms with van der Waals surface area (Å²) in [6.45, 7) is 0. The fourth-order valence-corrected chi connectivity index (χ4v) is 5.36. The van der Waals surface area contributed by atoms with Crippen LogP contribution in [0.2, 0.25) is 0 Å². The van der Waals surface area contributed by atoms with Gasteiger partial charge in [0.05, 0.1) is 5.69 Å². The van der Waals surface area contributed by atoms with E-state index < -0.39 is 0 Å². The third kappa shape index (κ3) is 3.38. The van der Waals surface area contributed by atoms with Gasteiger partial charge in [-0.3, -0.25) is 0 Å². The summed E-state index contributed by atoms with van der Waals surface area (Å²) < 4.78 is 28.7. The molecular formula is C23H15BrF2N4S. The molecule has 2 aromatic carbocycles. The molecule has 1 aliphatic rings. The first-order valence-corrected chi connectivity index (χ1v) is 11.3. The van der Waals surface area contributed by atoms with Gasteiger partial charge in [-0.05, 0) is 61.2 Å². The molecule has 2 heterocycles. The van der Waals surface area contributed by atoms with E-state index in [1.807, 2.05) is 18.0 Å². The smallest absolute Gasteiger partial charge is 0.191 e. The predicted molar refractivity (Wildman–Crippen MR) is 122 cm³/mol. The Kier molecular flexibility index (Phi) is 4.95. The van der Waals surface area contributed by atoms with Crippen molar-refractivity contribution in [1.82, 2.24) is 9.97 Å². The van der Waals surface area contributed by atoms with Gasteiger partial charge in [-0.2, -0.15) is 5.26 Å². The Bertz CT molecular complexity index is 1380. The van der Waals surface area contributed by atoms with Crippen molar-refractivity contribution in [3.05, 3.63) is 68.6 Å². The maximum Gasteiger partial charge on any atom is 0.191 e. The Hall–Kier alpha value is -2.89. The lowest BCUT2D eigenvalue weighted by Crippen LogP contribution is -2.13. The number of nitriles is 1. The van der Waals surface area contributed by atoms with Gasteiger partial charge >= 0.3 is 0 Å². The first-order chi connectivity index (χ1) is 15.0. The zero-order valence-corrected chi connectivity index (χ0v) is 18.8. The lowest BCUT2D eigenvalue weighted by atomic mass is 10.1. The average Bonchev–Trinajstić information content (AvgIpc) is 3.39. The minimum absolute atomic E-state index is 0.335. The summed E-state index contributed by atoms with van der Waals surface area (Å²) in [5, 5.41) is 11.0. The molecule has 0 fully saturated rings. The molecule has 0 spiro atoms. The lowest BCUT2D eigenvalue weighted by Gasteiger charge is -2.22. The van der Waals surface area contributed by atoms with Crippen molar-refractivity contribution in [3.8, 4) is 17.3 Å². The van der Waals surface area contributed by atoms with Crippen LogP contribution in [0.15, 0.2) is 40.9 Å². The SMILES string of the molecule is CN(c1nc(-c2ccc(F)cc2)c(C#N)s1)c1c2c(nc3c(F)cc(Br)cc13)CCC2. The van der Waals surface area contributed by atoms with Gasteiger partial charge in [0, 0.05) is 28.2 Å². The normalized spacial score (nSPS) is 12.7. The molecule has 4 aromatic rings. The van der Waals surface area contributed by atoms with E-state index >= 15 is 0 Å². The molecule has 0 amide bonds. The van der Waals surface area contributed by atoms with Gasteiger partial charge in [0.15, 0.2) is 10.9 Å². The number of pyridine rings is 1. The Morgan fingerprint density at radius 2 is 1.90 bits per heavy atom. The summed E-state index contributed by atoms with van der Waals surface area (Å²) in [5.74, 6) is -0.723. The molecule has 154 valence electrons. The van der Waals surface area contributed by atoms with Crippen molar-refractivity contribution in [2.45, 2.75) is 19.3 Å². The Labute approximate surface area is 189 Å². The molecule has 0 saturated carbocycles. The number of hydrogen-bond donors (Lipinski definition) is 0. The fraction of sp³-hybridized carbons (Fsp3) is 0.174. The quantitative estimate of drug-likeness (QED) is 0.323. The van der Waals surface area contributed by atoms with Crippen LogP contribution in [0.5, 0.6) is 0 Å². The number of halogens is 3. The van der Waals surface area contributed by atoms with E-state index in [0.29, 0.717) is 36.6 Å². The molecule has 1 aliphatic carbocycles. The van der Waals surface area contributed by atoms with Crippen LogP contribution in [0.25, 0.3) is 22.2 Å². The third-order valence-corrected chi connectivity index (χ3v) is 6.96. The summed E-state index contributed by atoms with van der Waals surface area (Å²) in [4.78, 5) is 11.7. The van der Waals surface area contributed by atoms with E-state index in [9.17, 15) is 14.0 Å². The summed E-state index contributed by atoms with van der Waals surface area (Å²) in [5.41, 5.74) is 4.38. The standard InChI is InChI=1S/C23H15BrF2N4S/c1-30(23-29-20(19(11-27)31-23)12-5-7-14(25)8-6-12)22-15-3-2-4-18(15)28-21-16(22)9-13(24)10-17(21)26/h5-10H,2-4H2,1H3. The van der Waals surface area contributed by atoms with Crippen LogP contribution in [-0.2, 0) is 12.8 Å². The van der Waals surface area contributed by atoms with Gasteiger partial charge in [0.25, 0.3) is 0 Å². The molecule has 0 radical (unpaired) electrons. The number of hydrogen-bond acceptors (Lipinski definition) is 5. The van der Waals surface area contributed by atoms with Crippen LogP contribution < -0.4 is 4.90 Å². The van der Waals surface area contributed by atoms with Gasteiger partial charge in [-0.1, -0.05) is 27.3 Å². The van der Waals surface area contributed by atoms with Crippen molar-refractivity contribution < 1.29 is 8.78 Å². The van der Waals surface area contributed by atoms with Crippen LogP contribution >= 0.6 is 27.3 Å². The molecule has 31 heavy (non-hydrogen) atoms. The maximum atomic E-state index is 14.7. The highest BCUT2D eigenvalue weighted by Crippen LogP contribution is 2.43. The number of fused-ring (bicyclic) bond motifs is 2. The number of aryl methyl sites for hydroxylation is 1. The van der Waals surface area contributed by atoms with Crippen molar-refractivity contribution in [2.75, 3.05) is 11.9 Å². The highest BCUT2D eigenvalue weighted by atomic mass is 79.9. The van der Waals surface area contributed by atoms with Gasteiger partial charge < -0.3 is 4.90 Å². The number of rotatable bonds is 3. The predicted octanol–water partition coefficient (Wildman–Crippen LogP) is 6.53. The van der Waals surface area contributed by atoms with E-state index in [0.717, 1.165) is 36.2 Å². The molecule has 2 aromatic heterocycles. The van der Waals surface area contributed by atoms with Crippen molar-refractivity contribution >= 4 is 49.0 Å². The summed E-state index contributed by atoms with van der Waals surface area (Å²) >= 11 is 4.65. The number of thiazole rings is 1. The molecule has 0 unspecified atom stereocenters. The Morgan fingerprint density at radius 1 is 1.13 bits per heavy atom. The average molecular weight is 497 g/mol. The van der Waals surface area contributed by atoms with E-state index in [1.165, 1.54) is 29.5 Å². The molecule has 8 heteroatoms. The Balaban J connectivity index is 1.70. The van der Waals surface area contributed by atoms with Crippen molar-refractivity contribution in [1.29, 1.82) is 5.26 Å². The summed E-state index contributed by atoms with van der Waals surface area (Å²) in [6.07, 6.45) is 2.63. The van der Waals surface area contributed by atoms with Crippen molar-refractivity contribution in [3.63, 3.8) is 0 Å². The summed E-state index contributed by atoms with van der Waals surface area (Å²) in [7, 11) is 1.88. The van der Waals surface area contributed by atoms with Crippen LogP contribution in [0, 0.1) is 23.0 Å². The topological polar surface area (TPSA) is 52.8 Å². The van der Waals surface area contributed by atoms with Gasteiger partial charge in [-0.15, -0.1) is 0 Å². The minimum Gasteiger partial charge on any atom is -0.320 e. The Morgan fingerprint density at radius 3 is 2.65 bits per heavy atom. The molecule has 0 aliphatic heterocycles. The maximum absolute atomic E-state index is 14.7. The highest BCUT2D eigenvalue weighted by Gasteiger charge is 2.26. The second-order valence-electron chi connectivity index (χ2n) is 7.37. The molecule has 0 saturated heterocycles. The largest absolute Gasteiger partial charge is 0.320 e. The third-order valence-electron chi connectivity index (χ3n) is 5.46. The second-order valence-corrected chi connectivity index (χ2v) is 9.27. The minimum atomic E-state index is -0.377. The molecule has 0 bridgehead atoms. The van der Waals surface area contributed by atoms with Gasteiger partial charge in [0.2, 0.25) is 0 Å². The summed E-state index contributed by atoms with van der Waals surface area (Å²) in [6, 6.07) is 11.4. The molecule has 5 rings (SSSR count). The highest BCUT2D eigenvalue weighted by molar-refractivity contribution is 9.10. The molecule has 0 N–H and O–H groups in total. The van der Waals surface area contributed by atoms with E-state index in [4.69, 9.17) is 4.98 Å².